The van der Waals surface area contributed by atoms with Crippen LogP contribution in [0.3, 0.4) is 0 Å². The van der Waals surface area contributed by atoms with Crippen molar-refractivity contribution in [3.63, 3.8) is 0 Å². The Morgan fingerprint density at radius 2 is 1.59 bits per heavy atom. The van der Waals surface area contributed by atoms with Gasteiger partial charge in [-0.25, -0.2) is 4.68 Å². The lowest BCUT2D eigenvalue weighted by Crippen LogP contribution is -2.49. The molecule has 1 fully saturated rings. The van der Waals surface area contributed by atoms with E-state index in [1.54, 1.807) is 0 Å². The number of carbonyl (C=O) groups is 1. The van der Waals surface area contributed by atoms with Crippen LogP contribution in [0.4, 0.5) is 0 Å². The Balaban J connectivity index is 1.20. The lowest BCUT2D eigenvalue weighted by Gasteiger charge is -2.34. The Morgan fingerprint density at radius 1 is 0.941 bits per heavy atom. The number of fused-ring (bicyclic) bond motifs is 1. The largest absolute Gasteiger partial charge is 0.492 e. The first-order valence-electron chi connectivity index (χ1n) is 11.8. The van der Waals surface area contributed by atoms with Crippen LogP contribution in [-0.2, 0) is 0 Å². The van der Waals surface area contributed by atoms with E-state index >= 15 is 0 Å². The molecule has 5 rings (SSSR count). The lowest BCUT2D eigenvalue weighted by molar-refractivity contribution is 0.0625. The van der Waals surface area contributed by atoms with Crippen LogP contribution in [0.15, 0.2) is 54.6 Å². The van der Waals surface area contributed by atoms with Crippen molar-refractivity contribution in [2.24, 2.45) is 0 Å². The van der Waals surface area contributed by atoms with Crippen molar-refractivity contribution >= 4 is 27.5 Å². The minimum absolute atomic E-state index is 0.117. The summed E-state index contributed by atoms with van der Waals surface area (Å²) in [6.07, 6.45) is 0. The van der Waals surface area contributed by atoms with Crippen LogP contribution in [0, 0.1) is 20.8 Å². The van der Waals surface area contributed by atoms with Crippen LogP contribution in [0.5, 0.6) is 5.75 Å². The van der Waals surface area contributed by atoms with Gasteiger partial charge in [0.05, 0.1) is 16.3 Å². The molecule has 0 radical (unpaired) electrons. The Bertz CT molecular complexity index is 1280. The second-order valence-electron chi connectivity index (χ2n) is 8.96. The van der Waals surface area contributed by atoms with Crippen molar-refractivity contribution < 1.29 is 9.53 Å². The van der Waals surface area contributed by atoms with E-state index in [1.165, 1.54) is 22.5 Å². The van der Waals surface area contributed by atoms with Crippen LogP contribution in [-0.4, -0.2) is 64.8 Å². The van der Waals surface area contributed by atoms with E-state index in [2.05, 4.69) is 55.1 Å². The third-order valence-electron chi connectivity index (χ3n) is 6.39. The maximum Gasteiger partial charge on any atom is 0.264 e. The van der Waals surface area contributed by atoms with Gasteiger partial charge in [-0.1, -0.05) is 35.4 Å². The molecule has 0 spiro atoms. The van der Waals surface area contributed by atoms with Gasteiger partial charge in [0.15, 0.2) is 0 Å². The van der Waals surface area contributed by atoms with E-state index in [1.807, 2.05) is 34.7 Å². The van der Waals surface area contributed by atoms with Crippen molar-refractivity contribution in [3.05, 3.63) is 76.3 Å². The molecule has 4 aromatic rings. The number of ether oxygens (including phenoxy) is 1. The highest BCUT2D eigenvalue weighted by atomic mass is 32.1. The summed E-state index contributed by atoms with van der Waals surface area (Å²) in [6.45, 7) is 10.9. The number of hydrogen-bond donors (Lipinski definition) is 0. The number of amides is 1. The maximum absolute atomic E-state index is 13.3. The number of benzene rings is 2. The summed E-state index contributed by atoms with van der Waals surface area (Å²) in [4.78, 5) is 19.4. The van der Waals surface area contributed by atoms with Gasteiger partial charge < -0.3 is 9.64 Å². The van der Waals surface area contributed by atoms with E-state index in [4.69, 9.17) is 9.84 Å². The topological polar surface area (TPSA) is 50.6 Å². The molecule has 34 heavy (non-hydrogen) atoms. The standard InChI is InChI=1S/C27H30N4O2S/c1-19-4-8-22(9-5-19)31-27-24(21(3)28-31)18-25(34-27)26(32)30-14-12-29(13-15-30)16-17-33-23-10-6-20(2)7-11-23/h4-11,18H,12-17H2,1-3H3. The van der Waals surface area contributed by atoms with Crippen molar-refractivity contribution in [2.75, 3.05) is 39.3 Å². The summed E-state index contributed by atoms with van der Waals surface area (Å²) >= 11 is 1.53. The van der Waals surface area contributed by atoms with Gasteiger partial charge in [0.1, 0.15) is 17.2 Å². The molecular weight excluding hydrogens is 444 g/mol. The molecule has 2 aromatic carbocycles. The monoisotopic (exact) mass is 474 g/mol. The molecule has 0 saturated carbocycles. The summed E-state index contributed by atoms with van der Waals surface area (Å²) in [6, 6.07) is 18.5. The molecule has 0 aliphatic carbocycles. The molecule has 7 heteroatoms. The van der Waals surface area contributed by atoms with Gasteiger partial charge in [0.2, 0.25) is 0 Å². The predicted octanol–water partition coefficient (Wildman–Crippen LogP) is 4.85. The number of nitrogens with zero attached hydrogens (tertiary/aromatic N) is 4. The smallest absolute Gasteiger partial charge is 0.264 e. The van der Waals surface area contributed by atoms with Gasteiger partial charge in [0, 0.05) is 38.1 Å². The fourth-order valence-corrected chi connectivity index (χ4v) is 5.42. The number of hydrogen-bond acceptors (Lipinski definition) is 5. The van der Waals surface area contributed by atoms with Crippen molar-refractivity contribution in [1.29, 1.82) is 0 Å². The van der Waals surface area contributed by atoms with E-state index in [0.29, 0.717) is 6.61 Å². The van der Waals surface area contributed by atoms with Crippen LogP contribution in [0.25, 0.3) is 15.9 Å². The van der Waals surface area contributed by atoms with Gasteiger partial charge in [-0.3, -0.25) is 9.69 Å². The van der Waals surface area contributed by atoms with Crippen LogP contribution in [0.2, 0.25) is 0 Å². The second kappa shape index (κ2) is 9.60. The fourth-order valence-electron chi connectivity index (χ4n) is 4.27. The summed E-state index contributed by atoms with van der Waals surface area (Å²) in [5.74, 6) is 1.02. The summed E-state index contributed by atoms with van der Waals surface area (Å²) in [5.41, 5.74) is 4.41. The first-order chi connectivity index (χ1) is 16.5. The summed E-state index contributed by atoms with van der Waals surface area (Å²) in [7, 11) is 0. The van der Waals surface area contributed by atoms with Gasteiger partial charge in [-0.05, 0) is 51.1 Å². The third-order valence-corrected chi connectivity index (χ3v) is 7.49. The quantitative estimate of drug-likeness (QED) is 0.401. The van der Waals surface area contributed by atoms with E-state index in [-0.39, 0.29) is 5.91 Å². The molecular formula is C27H30N4O2S. The Kier molecular flexibility index (Phi) is 6.39. The van der Waals surface area contributed by atoms with Crippen LogP contribution >= 0.6 is 11.3 Å². The average molecular weight is 475 g/mol. The second-order valence-corrected chi connectivity index (χ2v) is 9.99. The molecule has 0 atom stereocenters. The number of carbonyl (C=O) groups excluding carboxylic acids is 1. The number of piperazine rings is 1. The first kappa shape index (κ1) is 22.6. The molecule has 1 aliphatic rings. The highest BCUT2D eigenvalue weighted by molar-refractivity contribution is 7.20. The summed E-state index contributed by atoms with van der Waals surface area (Å²) in [5, 5.41) is 5.77. The zero-order chi connectivity index (χ0) is 23.7. The van der Waals surface area contributed by atoms with Crippen molar-refractivity contribution in [1.82, 2.24) is 19.6 Å². The fraction of sp³-hybridized carbons (Fsp3) is 0.333. The number of rotatable bonds is 6. The Hall–Kier alpha value is -3.16. The van der Waals surface area contributed by atoms with Gasteiger partial charge in [-0.15, -0.1) is 11.3 Å². The normalized spacial score (nSPS) is 14.6. The molecule has 6 nitrogen and oxygen atoms in total. The zero-order valence-corrected chi connectivity index (χ0v) is 20.8. The SMILES string of the molecule is Cc1ccc(OCCN2CCN(C(=O)c3cc4c(C)nn(-c5ccc(C)cc5)c4s3)CC2)cc1. The molecule has 2 aromatic heterocycles. The van der Waals surface area contributed by atoms with E-state index in [9.17, 15) is 4.79 Å². The zero-order valence-electron chi connectivity index (χ0n) is 20.0. The van der Waals surface area contributed by atoms with Gasteiger partial charge >= 0.3 is 0 Å². The van der Waals surface area contributed by atoms with Gasteiger partial charge in [-0.2, -0.15) is 5.10 Å². The summed E-state index contributed by atoms with van der Waals surface area (Å²) < 4.78 is 7.82. The number of thiophene rings is 1. The highest BCUT2D eigenvalue weighted by Gasteiger charge is 2.25. The molecule has 0 N–H and O–H groups in total. The minimum Gasteiger partial charge on any atom is -0.492 e. The molecule has 1 saturated heterocycles. The molecule has 1 aliphatic heterocycles. The molecule has 176 valence electrons. The first-order valence-corrected chi connectivity index (χ1v) is 12.6. The Morgan fingerprint density at radius 3 is 2.26 bits per heavy atom. The minimum atomic E-state index is 0.117. The van der Waals surface area contributed by atoms with Crippen LogP contribution < -0.4 is 4.74 Å². The molecule has 3 heterocycles. The maximum atomic E-state index is 13.3. The predicted molar refractivity (Wildman–Crippen MR) is 137 cm³/mol. The highest BCUT2D eigenvalue weighted by Crippen LogP contribution is 2.31. The lowest BCUT2D eigenvalue weighted by atomic mass is 10.2. The van der Waals surface area contributed by atoms with E-state index in [0.717, 1.165) is 64.9 Å². The van der Waals surface area contributed by atoms with E-state index < -0.39 is 0 Å². The molecule has 0 unspecified atom stereocenters. The molecule has 1 amide bonds. The number of aromatic nitrogens is 2. The van der Waals surface area contributed by atoms with Crippen molar-refractivity contribution in [2.45, 2.75) is 20.8 Å². The Labute approximate surface area is 204 Å². The number of aryl methyl sites for hydroxylation is 3. The van der Waals surface area contributed by atoms with Gasteiger partial charge in [0.25, 0.3) is 5.91 Å². The van der Waals surface area contributed by atoms with Crippen molar-refractivity contribution in [3.8, 4) is 11.4 Å². The third kappa shape index (κ3) is 4.72. The molecule has 0 bridgehead atoms. The average Bonchev–Trinajstić information content (AvgIpc) is 3.42. The van der Waals surface area contributed by atoms with Crippen LogP contribution in [0.1, 0.15) is 26.5 Å².